The molecule has 0 bridgehead atoms. The largest absolute Gasteiger partial charge is 0.496 e. The highest BCUT2D eigenvalue weighted by Gasteiger charge is 2.15. The van der Waals surface area contributed by atoms with Gasteiger partial charge < -0.3 is 14.4 Å². The van der Waals surface area contributed by atoms with E-state index in [0.29, 0.717) is 16.9 Å². The summed E-state index contributed by atoms with van der Waals surface area (Å²) in [6.45, 7) is 1.60. The van der Waals surface area contributed by atoms with Gasteiger partial charge in [-0.15, -0.1) is 0 Å². The molecule has 0 heterocycles. The number of carbonyl (C=O) groups is 1. The number of rotatable bonds is 4. The molecule has 1 unspecified atom stereocenters. The zero-order chi connectivity index (χ0) is 12.3. The van der Waals surface area contributed by atoms with Gasteiger partial charge in [0.05, 0.1) is 18.4 Å². The van der Waals surface area contributed by atoms with Crippen molar-refractivity contribution in [3.05, 3.63) is 28.8 Å². The van der Waals surface area contributed by atoms with Gasteiger partial charge in [-0.25, -0.2) is 9.00 Å². The van der Waals surface area contributed by atoms with Crippen LogP contribution in [0.5, 0.6) is 5.75 Å². The summed E-state index contributed by atoms with van der Waals surface area (Å²) < 4.78 is 24.6. The molecule has 1 atom stereocenters. The maximum Gasteiger partial charge on any atom is 0.336 e. The predicted octanol–water partition coefficient (Wildman–Crippen LogP) is 1.42. The van der Waals surface area contributed by atoms with Gasteiger partial charge in [0.2, 0.25) is 0 Å². The van der Waals surface area contributed by atoms with Gasteiger partial charge in [0.25, 0.3) is 0 Å². The molecule has 0 spiro atoms. The van der Waals surface area contributed by atoms with Crippen LogP contribution in [0.3, 0.4) is 0 Å². The van der Waals surface area contributed by atoms with Crippen molar-refractivity contribution in [3.8, 4) is 5.75 Å². The Morgan fingerprint density at radius 2 is 2.12 bits per heavy atom. The molecule has 1 rings (SSSR count). The first-order chi connectivity index (χ1) is 7.47. The van der Waals surface area contributed by atoms with Crippen LogP contribution in [0.15, 0.2) is 12.1 Å². The van der Waals surface area contributed by atoms with E-state index < -0.39 is 17.0 Å². The topological polar surface area (TPSA) is 83.8 Å². The summed E-state index contributed by atoms with van der Waals surface area (Å²) in [7, 11) is 1.40. The number of hydrogen-bond donors (Lipinski definition) is 2. The highest BCUT2D eigenvalue weighted by atomic mass is 32.2. The molecule has 0 aliphatic carbocycles. The first kappa shape index (κ1) is 12.7. The molecular weight excluding hydrogens is 232 g/mol. The molecule has 16 heavy (non-hydrogen) atoms. The van der Waals surface area contributed by atoms with Crippen LogP contribution in [0.25, 0.3) is 0 Å². The molecule has 0 aliphatic heterocycles. The van der Waals surface area contributed by atoms with Crippen molar-refractivity contribution < 1.29 is 23.4 Å². The SMILES string of the molecule is COc1c(CS(=O)O)ccc(C(=O)O)c1C. The van der Waals surface area contributed by atoms with Gasteiger partial charge in [-0.2, -0.15) is 0 Å². The second-order valence-corrected chi connectivity index (χ2v) is 4.13. The van der Waals surface area contributed by atoms with E-state index in [1.54, 1.807) is 6.92 Å². The summed E-state index contributed by atoms with van der Waals surface area (Å²) in [4.78, 5) is 10.9. The first-order valence-corrected chi connectivity index (χ1v) is 5.72. The van der Waals surface area contributed by atoms with Gasteiger partial charge in [-0.05, 0) is 13.0 Å². The van der Waals surface area contributed by atoms with Gasteiger partial charge >= 0.3 is 5.97 Å². The maximum atomic E-state index is 10.9. The van der Waals surface area contributed by atoms with E-state index in [2.05, 4.69) is 0 Å². The van der Waals surface area contributed by atoms with Gasteiger partial charge in [0.1, 0.15) is 5.75 Å². The second-order valence-electron chi connectivity index (χ2n) is 3.20. The summed E-state index contributed by atoms with van der Waals surface area (Å²) in [6, 6.07) is 2.89. The first-order valence-electron chi connectivity index (χ1n) is 4.44. The van der Waals surface area contributed by atoms with E-state index in [-0.39, 0.29) is 11.3 Å². The lowest BCUT2D eigenvalue weighted by atomic mass is 10.0. The van der Waals surface area contributed by atoms with Crippen LogP contribution in [0.1, 0.15) is 21.5 Å². The average Bonchev–Trinajstić information content (AvgIpc) is 2.16. The summed E-state index contributed by atoms with van der Waals surface area (Å²) in [5.41, 5.74) is 1.10. The molecule has 0 amide bonds. The second kappa shape index (κ2) is 5.09. The van der Waals surface area contributed by atoms with Crippen LogP contribution < -0.4 is 4.74 Å². The van der Waals surface area contributed by atoms with Crippen molar-refractivity contribution in [2.45, 2.75) is 12.7 Å². The van der Waals surface area contributed by atoms with E-state index >= 15 is 0 Å². The molecular formula is C10H12O5S. The number of carboxylic acid groups (broad SMARTS) is 1. The Balaban J connectivity index is 3.29. The highest BCUT2D eigenvalue weighted by molar-refractivity contribution is 7.78. The van der Waals surface area contributed by atoms with Crippen LogP contribution in [0.2, 0.25) is 0 Å². The molecule has 88 valence electrons. The van der Waals surface area contributed by atoms with E-state index in [4.69, 9.17) is 14.4 Å². The molecule has 2 N–H and O–H groups in total. The number of ether oxygens (including phenoxy) is 1. The van der Waals surface area contributed by atoms with Crippen molar-refractivity contribution in [3.63, 3.8) is 0 Å². The highest BCUT2D eigenvalue weighted by Crippen LogP contribution is 2.27. The van der Waals surface area contributed by atoms with E-state index in [9.17, 15) is 9.00 Å². The number of benzene rings is 1. The Kier molecular flexibility index (Phi) is 4.03. The number of hydrogen-bond acceptors (Lipinski definition) is 3. The van der Waals surface area contributed by atoms with Crippen LogP contribution in [0, 0.1) is 6.92 Å². The molecule has 1 aromatic carbocycles. The van der Waals surface area contributed by atoms with Crippen molar-refractivity contribution in [2.24, 2.45) is 0 Å². The lowest BCUT2D eigenvalue weighted by molar-refractivity contribution is 0.0695. The molecule has 0 saturated carbocycles. The zero-order valence-electron chi connectivity index (χ0n) is 8.89. The van der Waals surface area contributed by atoms with Crippen molar-refractivity contribution in [1.82, 2.24) is 0 Å². The van der Waals surface area contributed by atoms with Gasteiger partial charge in [0.15, 0.2) is 11.1 Å². The van der Waals surface area contributed by atoms with Crippen LogP contribution in [-0.4, -0.2) is 26.9 Å². The predicted molar refractivity (Wildman–Crippen MR) is 59.2 cm³/mol. The molecule has 0 saturated heterocycles. The normalized spacial score (nSPS) is 12.2. The minimum Gasteiger partial charge on any atom is -0.496 e. The van der Waals surface area contributed by atoms with Crippen LogP contribution in [-0.2, 0) is 16.8 Å². The molecule has 0 aromatic heterocycles. The monoisotopic (exact) mass is 244 g/mol. The maximum absolute atomic E-state index is 10.9. The third kappa shape index (κ3) is 2.59. The average molecular weight is 244 g/mol. The fourth-order valence-corrected chi connectivity index (χ4v) is 2.00. The van der Waals surface area contributed by atoms with E-state index in [1.807, 2.05) is 0 Å². The Morgan fingerprint density at radius 3 is 2.56 bits per heavy atom. The van der Waals surface area contributed by atoms with Gasteiger partial charge in [0, 0.05) is 11.1 Å². The van der Waals surface area contributed by atoms with Crippen molar-refractivity contribution in [1.29, 1.82) is 0 Å². The summed E-state index contributed by atoms with van der Waals surface area (Å²) in [6.07, 6.45) is 0. The van der Waals surface area contributed by atoms with Gasteiger partial charge in [-0.3, -0.25) is 0 Å². The van der Waals surface area contributed by atoms with Gasteiger partial charge in [-0.1, -0.05) is 6.07 Å². The number of aromatic carboxylic acids is 1. The molecule has 1 aromatic rings. The van der Waals surface area contributed by atoms with E-state index in [1.165, 1.54) is 19.2 Å². The third-order valence-electron chi connectivity index (χ3n) is 2.20. The smallest absolute Gasteiger partial charge is 0.336 e. The summed E-state index contributed by atoms with van der Waals surface area (Å²) >= 11 is -1.98. The Hall–Kier alpha value is -1.40. The quantitative estimate of drug-likeness (QED) is 0.782. The molecule has 0 fully saturated rings. The van der Waals surface area contributed by atoms with Crippen molar-refractivity contribution in [2.75, 3.05) is 7.11 Å². The fraction of sp³-hybridized carbons (Fsp3) is 0.300. The van der Waals surface area contributed by atoms with E-state index in [0.717, 1.165) is 0 Å². The minimum atomic E-state index is -1.98. The summed E-state index contributed by atoms with van der Waals surface area (Å²) in [5.74, 6) is -0.779. The van der Waals surface area contributed by atoms with Crippen LogP contribution in [0.4, 0.5) is 0 Å². The lowest BCUT2D eigenvalue weighted by Gasteiger charge is -2.12. The standard InChI is InChI=1S/C10H12O5S/c1-6-8(10(11)12)4-3-7(5-16(13)14)9(6)15-2/h3-4H,5H2,1-2H3,(H,11,12)(H,13,14). The molecule has 5 nitrogen and oxygen atoms in total. The molecule has 0 radical (unpaired) electrons. The fourth-order valence-electron chi connectivity index (χ4n) is 1.51. The Labute approximate surface area is 95.3 Å². The third-order valence-corrected chi connectivity index (χ3v) is 2.76. The lowest BCUT2D eigenvalue weighted by Crippen LogP contribution is -2.05. The Morgan fingerprint density at radius 1 is 1.50 bits per heavy atom. The minimum absolute atomic E-state index is 0.0795. The molecule has 0 aliphatic rings. The Bertz CT molecular complexity index is 441. The van der Waals surface area contributed by atoms with Crippen LogP contribution >= 0.6 is 0 Å². The summed E-state index contributed by atoms with van der Waals surface area (Å²) in [5, 5.41) is 8.89. The van der Waals surface area contributed by atoms with Crippen molar-refractivity contribution >= 4 is 17.0 Å². The number of methoxy groups -OCH3 is 1. The molecule has 6 heteroatoms. The zero-order valence-corrected chi connectivity index (χ0v) is 9.71. The number of carboxylic acids is 1.